The van der Waals surface area contributed by atoms with Crippen molar-refractivity contribution in [3.8, 4) is 77.5 Å². The fourth-order valence-corrected chi connectivity index (χ4v) is 14.5. The van der Waals surface area contributed by atoms with Crippen LogP contribution in [0.4, 0.5) is 34.1 Å². The molecule has 0 N–H and O–H groups in total. The number of fused-ring (bicyclic) bond motifs is 6. The van der Waals surface area contributed by atoms with Crippen LogP contribution >= 0.6 is 34.0 Å². The van der Waals surface area contributed by atoms with Crippen LogP contribution in [0.15, 0.2) is 280 Å². The summed E-state index contributed by atoms with van der Waals surface area (Å²) in [6, 6.07) is 86.5. The lowest BCUT2D eigenvalue weighted by Gasteiger charge is -2.25. The van der Waals surface area contributed by atoms with Gasteiger partial charge in [0.05, 0.1) is 54.4 Å². The standard InChI is InChI=1S/C76H44N10O3S3/c1-5-13-65-57(9-1)79-71(87-65)45-17-27-51(28-18-45)85(55-35-38-62(77-43-55)72-80-58-10-2-6-14-66(58)88-72)52-33-23-48(24-34-52)76-84-64-41-49(26-40-69(64)91-76)50-25-37-61-70(42-50)92-75(83-61)47-21-31-54(32-22-47)86(53-29-19-46(20-30-53)74-82-60-12-4-8-16-68(60)90-74)56-36-39-63(78-44-56)73-81-59-11-3-7-15-67(59)89-73/h1-44H. The lowest BCUT2D eigenvalue weighted by atomic mass is 10.1. The maximum Gasteiger partial charge on any atom is 0.246 e. The number of hydrogen-bond acceptors (Lipinski definition) is 16. The van der Waals surface area contributed by atoms with Gasteiger partial charge in [-0.15, -0.1) is 34.0 Å². The Morgan fingerprint density at radius 1 is 0.250 bits per heavy atom. The Balaban J connectivity index is 0.611. The van der Waals surface area contributed by atoms with Crippen LogP contribution in [-0.4, -0.2) is 39.9 Å². The summed E-state index contributed by atoms with van der Waals surface area (Å²) < 4.78 is 21.7. The maximum absolute atomic E-state index is 6.13. The predicted octanol–water partition coefficient (Wildman–Crippen LogP) is 21.3. The Morgan fingerprint density at radius 3 is 1.08 bits per heavy atom. The van der Waals surface area contributed by atoms with E-state index in [-0.39, 0.29) is 0 Å². The van der Waals surface area contributed by atoms with Crippen molar-refractivity contribution < 1.29 is 13.3 Å². The first kappa shape index (κ1) is 53.2. The molecule has 18 rings (SSSR count). The van der Waals surface area contributed by atoms with Crippen molar-refractivity contribution in [2.24, 2.45) is 0 Å². The minimum Gasteiger partial charge on any atom is -0.436 e. The van der Waals surface area contributed by atoms with Gasteiger partial charge in [-0.2, -0.15) is 0 Å². The molecule has 10 aromatic carbocycles. The normalized spacial score (nSPS) is 11.7. The van der Waals surface area contributed by atoms with Crippen LogP contribution in [0.2, 0.25) is 0 Å². The van der Waals surface area contributed by atoms with Gasteiger partial charge in [0.2, 0.25) is 17.7 Å². The van der Waals surface area contributed by atoms with Gasteiger partial charge in [-0.1, -0.05) is 60.7 Å². The number of benzene rings is 10. The van der Waals surface area contributed by atoms with E-state index < -0.39 is 0 Å². The van der Waals surface area contributed by atoms with Gasteiger partial charge in [0.25, 0.3) is 0 Å². The molecule has 0 aliphatic heterocycles. The molecule has 0 amide bonds. The highest BCUT2D eigenvalue weighted by molar-refractivity contribution is 7.22. The van der Waals surface area contributed by atoms with Gasteiger partial charge >= 0.3 is 0 Å². The predicted molar refractivity (Wildman–Crippen MR) is 372 cm³/mol. The highest BCUT2D eigenvalue weighted by Crippen LogP contribution is 2.43. The molecule has 0 fully saturated rings. The Hall–Kier alpha value is -11.8. The molecule has 0 radical (unpaired) electrons. The third-order valence-electron chi connectivity index (χ3n) is 16.2. The monoisotopic (exact) mass is 1240 g/mol. The van der Waals surface area contributed by atoms with Gasteiger partial charge in [0, 0.05) is 45.0 Å². The zero-order chi connectivity index (χ0) is 60.6. The maximum atomic E-state index is 6.13. The lowest BCUT2D eigenvalue weighted by molar-refractivity contribution is 0.616. The molecule has 0 spiro atoms. The second-order valence-electron chi connectivity index (χ2n) is 22.0. The van der Waals surface area contributed by atoms with Crippen LogP contribution in [-0.2, 0) is 0 Å². The van der Waals surface area contributed by atoms with Crippen molar-refractivity contribution in [2.75, 3.05) is 9.80 Å². The van der Waals surface area contributed by atoms with Crippen LogP contribution in [0.1, 0.15) is 0 Å². The molecule has 16 heteroatoms. The summed E-state index contributed by atoms with van der Waals surface area (Å²) in [6.45, 7) is 0. The molecule has 8 heterocycles. The Morgan fingerprint density at radius 2 is 0.609 bits per heavy atom. The topological polar surface area (TPSA) is 149 Å². The van der Waals surface area contributed by atoms with Gasteiger partial charge in [-0.05, 0) is 205 Å². The number of thiazole rings is 3. The molecule has 0 saturated heterocycles. The van der Waals surface area contributed by atoms with Crippen LogP contribution < -0.4 is 9.80 Å². The highest BCUT2D eigenvalue weighted by atomic mass is 32.1. The van der Waals surface area contributed by atoms with E-state index in [1.807, 2.05) is 122 Å². The summed E-state index contributed by atoms with van der Waals surface area (Å²) in [5.41, 5.74) is 20.5. The largest absolute Gasteiger partial charge is 0.436 e. The molecule has 8 aromatic heterocycles. The molecule has 18 aromatic rings. The molecule has 0 unspecified atom stereocenters. The number of hydrogen-bond donors (Lipinski definition) is 0. The zero-order valence-corrected chi connectivity index (χ0v) is 50.8. The fraction of sp³-hybridized carbons (Fsp3) is 0. The SMILES string of the molecule is c1ccc2oc(-c3ccc(N(c4ccc(-c5nc6cc(-c7ccc8nc(-c9ccc(N(c%10ccc(-c%11nc%12ccccc%12s%11)cc%10)c%10ccc(-c%11nc%12ccccc%12o%11)nc%10)cc9)sc8c7)ccc6s5)cc4)c4ccc(-c5nc6ccccc6o5)nc4)cc3)nc2c1. The first-order chi connectivity index (χ1) is 45.5. The highest BCUT2D eigenvalue weighted by Gasteiger charge is 2.21. The van der Waals surface area contributed by atoms with Crippen LogP contribution in [0, 0.1) is 0 Å². The Bertz CT molecular complexity index is 5050. The molecule has 0 atom stereocenters. The van der Waals surface area contributed by atoms with E-state index in [1.54, 1.807) is 34.0 Å². The summed E-state index contributed by atoms with van der Waals surface area (Å²) in [5.74, 6) is 1.51. The molecule has 0 saturated carbocycles. The van der Waals surface area contributed by atoms with E-state index in [1.165, 1.54) is 0 Å². The van der Waals surface area contributed by atoms with E-state index >= 15 is 0 Å². The first-order valence-electron chi connectivity index (χ1n) is 29.7. The van der Waals surface area contributed by atoms with Crippen molar-refractivity contribution >= 4 is 132 Å². The lowest BCUT2D eigenvalue weighted by Crippen LogP contribution is -2.10. The van der Waals surface area contributed by atoms with Gasteiger partial charge < -0.3 is 23.1 Å². The van der Waals surface area contributed by atoms with Crippen molar-refractivity contribution in [2.45, 2.75) is 0 Å². The van der Waals surface area contributed by atoms with Crippen LogP contribution in [0.5, 0.6) is 0 Å². The van der Waals surface area contributed by atoms with E-state index in [4.69, 9.17) is 53.1 Å². The second kappa shape index (κ2) is 22.0. The second-order valence-corrected chi connectivity index (χ2v) is 25.1. The van der Waals surface area contributed by atoms with Crippen LogP contribution in [0.25, 0.3) is 141 Å². The van der Waals surface area contributed by atoms with Crippen molar-refractivity contribution in [3.63, 3.8) is 0 Å². The molecular formula is C76H44N10O3S3. The molecule has 92 heavy (non-hydrogen) atoms. The van der Waals surface area contributed by atoms with Gasteiger partial charge in [0.15, 0.2) is 16.7 Å². The Kier molecular flexibility index (Phi) is 12.8. The summed E-state index contributed by atoms with van der Waals surface area (Å²) >= 11 is 5.06. The van der Waals surface area contributed by atoms with Crippen molar-refractivity contribution in [1.82, 2.24) is 39.9 Å². The van der Waals surface area contributed by atoms with E-state index in [2.05, 4.69) is 155 Å². The van der Waals surface area contributed by atoms with Gasteiger partial charge in [0.1, 0.15) is 43.0 Å². The molecule has 434 valence electrons. The first-order valence-corrected chi connectivity index (χ1v) is 32.1. The number of pyridine rings is 2. The quantitative estimate of drug-likeness (QED) is 0.108. The van der Waals surface area contributed by atoms with E-state index in [0.717, 1.165) is 141 Å². The van der Waals surface area contributed by atoms with Gasteiger partial charge in [-0.3, -0.25) is 0 Å². The molecule has 0 aliphatic carbocycles. The minimum absolute atomic E-state index is 0.467. The van der Waals surface area contributed by atoms with Crippen molar-refractivity contribution in [1.29, 1.82) is 0 Å². The smallest absolute Gasteiger partial charge is 0.246 e. The van der Waals surface area contributed by atoms with Crippen LogP contribution in [0.3, 0.4) is 0 Å². The number of nitrogens with zero attached hydrogens (tertiary/aromatic N) is 10. The summed E-state index contributed by atoms with van der Waals surface area (Å²) in [7, 11) is 0. The minimum atomic E-state index is 0.467. The molecular weight excluding hydrogens is 1200 g/mol. The number of rotatable bonds is 13. The summed E-state index contributed by atoms with van der Waals surface area (Å²) in [6.07, 6.45) is 3.73. The number of oxazole rings is 3. The third kappa shape index (κ3) is 9.78. The summed E-state index contributed by atoms with van der Waals surface area (Å²) in [4.78, 5) is 43.5. The number of anilines is 6. The average Bonchev–Trinajstić information content (AvgIpc) is 1.49. The number of para-hydroxylation sites is 7. The summed E-state index contributed by atoms with van der Waals surface area (Å²) in [5, 5.41) is 2.85. The molecule has 13 nitrogen and oxygen atoms in total. The van der Waals surface area contributed by atoms with Gasteiger partial charge in [-0.25, -0.2) is 39.9 Å². The van der Waals surface area contributed by atoms with E-state index in [0.29, 0.717) is 34.6 Å². The Labute approximate surface area is 536 Å². The molecule has 0 bridgehead atoms. The third-order valence-corrected chi connectivity index (χ3v) is 19.5. The van der Waals surface area contributed by atoms with E-state index in [9.17, 15) is 0 Å². The number of aromatic nitrogens is 8. The fourth-order valence-electron chi connectivity index (χ4n) is 11.6. The zero-order valence-electron chi connectivity index (χ0n) is 48.3. The average molecular weight is 1240 g/mol. The molecule has 0 aliphatic rings. The van der Waals surface area contributed by atoms with Crippen molar-refractivity contribution in [3.05, 3.63) is 267 Å².